The lowest BCUT2D eigenvalue weighted by molar-refractivity contribution is 0.174. The predicted molar refractivity (Wildman–Crippen MR) is 83.5 cm³/mol. The number of rotatable bonds is 5. The predicted octanol–water partition coefficient (Wildman–Crippen LogP) is 2.75. The molecule has 2 aromatic rings. The summed E-state index contributed by atoms with van der Waals surface area (Å²) in [6.07, 6.45) is 0.526. The minimum Gasteiger partial charge on any atom is -0.493 e. The van der Waals surface area contributed by atoms with E-state index in [4.69, 9.17) is 4.74 Å². The van der Waals surface area contributed by atoms with Crippen LogP contribution in [0, 0.1) is 6.92 Å². The Labute approximate surface area is 125 Å². The van der Waals surface area contributed by atoms with Crippen LogP contribution in [0.5, 0.6) is 5.75 Å². The summed E-state index contributed by atoms with van der Waals surface area (Å²) in [5.74, 6) is 1.01. The molecule has 110 valence electrons. The van der Waals surface area contributed by atoms with Crippen LogP contribution in [0.3, 0.4) is 0 Å². The van der Waals surface area contributed by atoms with Crippen LogP contribution in [0.4, 0.5) is 0 Å². The lowest BCUT2D eigenvalue weighted by atomic mass is 10.1. The van der Waals surface area contributed by atoms with Crippen LogP contribution >= 0.6 is 0 Å². The van der Waals surface area contributed by atoms with Crippen molar-refractivity contribution in [2.24, 2.45) is 0 Å². The van der Waals surface area contributed by atoms with Gasteiger partial charge in [-0.15, -0.1) is 0 Å². The highest BCUT2D eigenvalue weighted by Gasteiger charge is 2.12. The molecule has 1 unspecified atom stereocenters. The van der Waals surface area contributed by atoms with E-state index in [1.165, 1.54) is 16.7 Å². The molecule has 3 nitrogen and oxygen atoms in total. The van der Waals surface area contributed by atoms with E-state index in [9.17, 15) is 5.11 Å². The minimum atomic E-state index is -0.469. The molecule has 0 spiro atoms. The van der Waals surface area contributed by atoms with E-state index in [2.05, 4.69) is 17.4 Å². The number of hydrogen-bond donors (Lipinski definition) is 2. The van der Waals surface area contributed by atoms with Gasteiger partial charge in [-0.1, -0.05) is 42.0 Å². The molecule has 1 aliphatic heterocycles. The average molecular weight is 283 g/mol. The van der Waals surface area contributed by atoms with E-state index in [-0.39, 0.29) is 0 Å². The van der Waals surface area contributed by atoms with Gasteiger partial charge in [0.1, 0.15) is 5.75 Å². The van der Waals surface area contributed by atoms with Crippen LogP contribution < -0.4 is 10.1 Å². The van der Waals surface area contributed by atoms with Gasteiger partial charge in [0.25, 0.3) is 0 Å². The molecule has 1 heterocycles. The third-order valence-electron chi connectivity index (χ3n) is 3.88. The lowest BCUT2D eigenvalue weighted by Crippen LogP contribution is -2.21. The summed E-state index contributed by atoms with van der Waals surface area (Å²) < 4.78 is 5.50. The van der Waals surface area contributed by atoms with E-state index < -0.39 is 6.10 Å². The SMILES string of the molecule is Cc1ccc(C(O)CNCc2ccc3c(c2)CCO3)cc1. The summed E-state index contributed by atoms with van der Waals surface area (Å²) >= 11 is 0. The first-order chi connectivity index (χ1) is 10.2. The van der Waals surface area contributed by atoms with Crippen LogP contribution in [0.15, 0.2) is 42.5 Å². The van der Waals surface area contributed by atoms with Gasteiger partial charge in [-0.05, 0) is 29.7 Å². The largest absolute Gasteiger partial charge is 0.493 e. The molecule has 3 heteroatoms. The fourth-order valence-electron chi connectivity index (χ4n) is 2.61. The first-order valence-corrected chi connectivity index (χ1v) is 7.42. The molecule has 0 bridgehead atoms. The molecule has 1 atom stereocenters. The minimum absolute atomic E-state index is 0.469. The van der Waals surface area contributed by atoms with Crippen LogP contribution in [-0.2, 0) is 13.0 Å². The molecular weight excluding hydrogens is 262 g/mol. The van der Waals surface area contributed by atoms with Crippen molar-refractivity contribution in [3.8, 4) is 5.75 Å². The highest BCUT2D eigenvalue weighted by Crippen LogP contribution is 2.25. The van der Waals surface area contributed by atoms with Crippen molar-refractivity contribution in [1.82, 2.24) is 5.32 Å². The van der Waals surface area contributed by atoms with Gasteiger partial charge in [-0.3, -0.25) is 0 Å². The molecule has 0 aliphatic carbocycles. The van der Waals surface area contributed by atoms with Crippen LogP contribution in [0.25, 0.3) is 0 Å². The lowest BCUT2D eigenvalue weighted by Gasteiger charge is -2.13. The number of nitrogens with one attached hydrogen (secondary N) is 1. The number of hydrogen-bond acceptors (Lipinski definition) is 3. The summed E-state index contributed by atoms with van der Waals surface area (Å²) in [6.45, 7) is 4.15. The maximum atomic E-state index is 10.2. The molecule has 0 amide bonds. The summed E-state index contributed by atoms with van der Waals surface area (Å²) in [5, 5.41) is 13.5. The van der Waals surface area contributed by atoms with E-state index in [1.807, 2.05) is 37.3 Å². The van der Waals surface area contributed by atoms with Gasteiger partial charge in [0.2, 0.25) is 0 Å². The highest BCUT2D eigenvalue weighted by molar-refractivity contribution is 5.39. The van der Waals surface area contributed by atoms with Crippen molar-refractivity contribution >= 4 is 0 Å². The van der Waals surface area contributed by atoms with Crippen molar-refractivity contribution in [3.05, 3.63) is 64.7 Å². The van der Waals surface area contributed by atoms with Gasteiger partial charge in [0, 0.05) is 19.5 Å². The van der Waals surface area contributed by atoms with Gasteiger partial charge in [-0.2, -0.15) is 0 Å². The zero-order valence-corrected chi connectivity index (χ0v) is 12.3. The quantitative estimate of drug-likeness (QED) is 0.886. The van der Waals surface area contributed by atoms with Crippen LogP contribution in [0.1, 0.15) is 28.4 Å². The van der Waals surface area contributed by atoms with Gasteiger partial charge in [0.05, 0.1) is 12.7 Å². The Morgan fingerprint density at radius 2 is 2.00 bits per heavy atom. The fourth-order valence-corrected chi connectivity index (χ4v) is 2.61. The molecule has 0 aromatic heterocycles. The molecule has 1 aliphatic rings. The number of aryl methyl sites for hydroxylation is 1. The maximum Gasteiger partial charge on any atom is 0.122 e. The summed E-state index contributed by atoms with van der Waals surface area (Å²) in [6, 6.07) is 14.3. The Morgan fingerprint density at radius 3 is 2.81 bits per heavy atom. The Hall–Kier alpha value is -1.84. The molecule has 2 aromatic carbocycles. The second kappa shape index (κ2) is 6.29. The van der Waals surface area contributed by atoms with Gasteiger partial charge < -0.3 is 15.2 Å². The molecule has 0 saturated heterocycles. The van der Waals surface area contributed by atoms with E-state index in [1.54, 1.807) is 0 Å². The number of benzene rings is 2. The van der Waals surface area contributed by atoms with E-state index in [0.717, 1.165) is 30.9 Å². The zero-order valence-electron chi connectivity index (χ0n) is 12.3. The Kier molecular flexibility index (Phi) is 4.23. The fraction of sp³-hybridized carbons (Fsp3) is 0.333. The van der Waals surface area contributed by atoms with E-state index in [0.29, 0.717) is 6.54 Å². The number of aliphatic hydroxyl groups is 1. The third kappa shape index (κ3) is 3.43. The third-order valence-corrected chi connectivity index (χ3v) is 3.88. The second-order valence-electron chi connectivity index (χ2n) is 5.60. The molecule has 0 fully saturated rings. The summed E-state index contributed by atoms with van der Waals surface area (Å²) in [5.41, 5.74) is 4.68. The Morgan fingerprint density at radius 1 is 1.19 bits per heavy atom. The van der Waals surface area contributed by atoms with Crippen molar-refractivity contribution in [2.75, 3.05) is 13.2 Å². The molecule has 3 rings (SSSR count). The number of fused-ring (bicyclic) bond motifs is 1. The van der Waals surface area contributed by atoms with Crippen molar-refractivity contribution in [1.29, 1.82) is 0 Å². The van der Waals surface area contributed by atoms with Crippen molar-refractivity contribution in [3.63, 3.8) is 0 Å². The summed E-state index contributed by atoms with van der Waals surface area (Å²) in [7, 11) is 0. The van der Waals surface area contributed by atoms with E-state index >= 15 is 0 Å². The van der Waals surface area contributed by atoms with Gasteiger partial charge in [0.15, 0.2) is 0 Å². The summed E-state index contributed by atoms with van der Waals surface area (Å²) in [4.78, 5) is 0. The van der Waals surface area contributed by atoms with Crippen LogP contribution in [-0.4, -0.2) is 18.3 Å². The monoisotopic (exact) mass is 283 g/mol. The maximum absolute atomic E-state index is 10.2. The zero-order chi connectivity index (χ0) is 14.7. The Balaban J connectivity index is 1.52. The molecule has 21 heavy (non-hydrogen) atoms. The van der Waals surface area contributed by atoms with Crippen molar-refractivity contribution < 1.29 is 9.84 Å². The molecule has 0 saturated carbocycles. The first kappa shape index (κ1) is 14.1. The smallest absolute Gasteiger partial charge is 0.122 e. The van der Waals surface area contributed by atoms with Gasteiger partial charge >= 0.3 is 0 Å². The first-order valence-electron chi connectivity index (χ1n) is 7.42. The molecular formula is C18H21NO2. The average Bonchev–Trinajstić information content (AvgIpc) is 2.95. The Bertz CT molecular complexity index is 607. The standard InChI is InChI=1S/C18H21NO2/c1-13-2-5-15(6-3-13)17(20)12-19-11-14-4-7-18-16(10-14)8-9-21-18/h2-7,10,17,19-20H,8-9,11-12H2,1H3. The highest BCUT2D eigenvalue weighted by atomic mass is 16.5. The number of ether oxygens (including phenoxy) is 1. The van der Waals surface area contributed by atoms with Gasteiger partial charge in [-0.25, -0.2) is 0 Å². The molecule has 2 N–H and O–H groups in total. The van der Waals surface area contributed by atoms with Crippen LogP contribution in [0.2, 0.25) is 0 Å². The number of aliphatic hydroxyl groups excluding tert-OH is 1. The molecule has 0 radical (unpaired) electrons. The topological polar surface area (TPSA) is 41.5 Å². The normalized spacial score (nSPS) is 14.6. The van der Waals surface area contributed by atoms with Crippen molar-refractivity contribution in [2.45, 2.75) is 26.0 Å². The second-order valence-corrected chi connectivity index (χ2v) is 5.60.